The summed E-state index contributed by atoms with van der Waals surface area (Å²) < 4.78 is 34.0. The van der Waals surface area contributed by atoms with E-state index in [1.54, 1.807) is 0 Å². The number of hydrogen-bond donors (Lipinski definition) is 1. The maximum atomic E-state index is 8.49. The van der Waals surface area contributed by atoms with Gasteiger partial charge in [0.25, 0.3) is 0 Å². The Morgan fingerprint density at radius 3 is 0.717 bits per heavy atom. The topological polar surface area (TPSA) is 125 Å². The molecule has 0 amide bonds. The molecule has 295 valence electrons. The van der Waals surface area contributed by atoms with Crippen molar-refractivity contribution in [3.05, 3.63) is 142 Å². The molecule has 5 rings (SSSR count). The standard InChI is InChI=1S/C40H52N4.CH4O.ClHO4.ClH.Cu/c1-33-13-5-9-17-37(33)29-41-21-23-42(30-38-18-10-6-14-34(38)2)25-27-44(32-40-20-12-8-16-36(40)4)28-26-43(24-22-41)31-39-19-11-7-15-35(39)3;1-2;2-1(3,4)5;;/h5-20H,21-32H2,1-4H3;2H,1H3;(H,2,3,4,5);1H;/q;;;;+2/p-2. The first-order valence-electron chi connectivity index (χ1n) is 17.6. The fourth-order valence-corrected chi connectivity index (χ4v) is 6.32. The van der Waals surface area contributed by atoms with E-state index in [0.29, 0.717) is 0 Å². The first kappa shape index (κ1) is 48.6. The van der Waals surface area contributed by atoms with E-state index in [-0.39, 0.29) is 29.5 Å². The maximum absolute atomic E-state index is 8.49. The minimum atomic E-state index is -4.94. The second-order valence-corrected chi connectivity index (χ2v) is 13.9. The van der Waals surface area contributed by atoms with Crippen LogP contribution in [-0.2, 0) is 43.2 Å². The number of nitrogens with zero attached hydrogens (tertiary/aromatic N) is 4. The molecule has 1 radical (unpaired) electrons. The zero-order valence-electron chi connectivity index (χ0n) is 31.6. The molecule has 4 aromatic carbocycles. The summed E-state index contributed by atoms with van der Waals surface area (Å²) in [6.07, 6.45) is 0. The Morgan fingerprint density at radius 1 is 0.415 bits per heavy atom. The van der Waals surface area contributed by atoms with Crippen LogP contribution in [0.5, 0.6) is 0 Å². The summed E-state index contributed by atoms with van der Waals surface area (Å²) in [5.74, 6) is 0. The molecule has 1 heterocycles. The van der Waals surface area contributed by atoms with E-state index in [9.17, 15) is 0 Å². The summed E-state index contributed by atoms with van der Waals surface area (Å²) in [6, 6.07) is 35.7. The molecule has 0 aromatic heterocycles. The van der Waals surface area contributed by atoms with E-state index in [0.717, 1.165) is 85.6 Å². The van der Waals surface area contributed by atoms with Crippen molar-refractivity contribution in [3.8, 4) is 0 Å². The van der Waals surface area contributed by atoms with Crippen LogP contribution in [0.15, 0.2) is 97.1 Å². The SMILES string of the molecule is CO.Cc1ccccc1CN1CCN(Cc2ccccc2C)CCN(Cc2ccccc2C)CCN(Cc2ccccc2C)CC1.[Cl-].[Cu+2].[O-][Cl+3]([O-])([O-])[O-]. The second kappa shape index (κ2) is 25.7. The Labute approximate surface area is 336 Å². The Bertz CT molecular complexity index is 1350. The van der Waals surface area contributed by atoms with Crippen LogP contribution in [-0.4, -0.2) is 84.2 Å². The molecule has 53 heavy (non-hydrogen) atoms. The molecule has 0 bridgehead atoms. The van der Waals surface area contributed by atoms with Crippen molar-refractivity contribution in [2.45, 2.75) is 53.9 Å². The molecule has 1 saturated heterocycles. The number of aryl methyl sites for hydroxylation is 4. The van der Waals surface area contributed by atoms with E-state index in [2.05, 4.69) is 144 Å². The van der Waals surface area contributed by atoms with Gasteiger partial charge in [-0.15, -0.1) is 10.2 Å². The third-order valence-electron chi connectivity index (χ3n) is 9.55. The van der Waals surface area contributed by atoms with Gasteiger partial charge in [0.2, 0.25) is 0 Å². The summed E-state index contributed by atoms with van der Waals surface area (Å²) >= 11 is 0. The summed E-state index contributed by atoms with van der Waals surface area (Å²) in [4.78, 5) is 10.8. The average molecular weight is 819 g/mol. The minimum absolute atomic E-state index is 0. The molecule has 4 aromatic rings. The van der Waals surface area contributed by atoms with Crippen molar-refractivity contribution in [3.63, 3.8) is 0 Å². The molecule has 0 atom stereocenters. The van der Waals surface area contributed by atoms with E-state index >= 15 is 0 Å². The molecule has 0 saturated carbocycles. The van der Waals surface area contributed by atoms with Gasteiger partial charge < -0.3 is 17.5 Å². The maximum Gasteiger partial charge on any atom is 2.00 e. The van der Waals surface area contributed by atoms with Gasteiger partial charge in [0, 0.05) is 85.6 Å². The second-order valence-electron chi connectivity index (χ2n) is 13.2. The minimum Gasteiger partial charge on any atom is -1.00 e. The van der Waals surface area contributed by atoms with Gasteiger partial charge in [0.15, 0.2) is 0 Å². The first-order chi connectivity index (χ1) is 24.4. The molecule has 0 spiro atoms. The summed E-state index contributed by atoms with van der Waals surface area (Å²) in [6.45, 7) is 21.6. The van der Waals surface area contributed by atoms with Gasteiger partial charge >= 0.3 is 17.1 Å². The van der Waals surface area contributed by atoms with Crippen molar-refractivity contribution in [1.29, 1.82) is 0 Å². The normalized spacial score (nSPS) is 15.2. The largest absolute Gasteiger partial charge is 2.00 e. The van der Waals surface area contributed by atoms with E-state index in [1.807, 2.05) is 0 Å². The fraction of sp³-hybridized carbons (Fsp3) is 0.415. The van der Waals surface area contributed by atoms with Crippen molar-refractivity contribution < 1.29 is 63.5 Å². The number of aliphatic hydroxyl groups excluding tert-OH is 1. The van der Waals surface area contributed by atoms with Crippen LogP contribution in [0.2, 0.25) is 0 Å². The molecule has 1 aliphatic rings. The van der Waals surface area contributed by atoms with Gasteiger partial charge in [0.1, 0.15) is 0 Å². The van der Waals surface area contributed by atoms with Gasteiger partial charge in [0.05, 0.1) is 0 Å². The predicted octanol–water partition coefficient (Wildman–Crippen LogP) is -0.904. The number of rotatable bonds is 8. The third-order valence-corrected chi connectivity index (χ3v) is 9.55. The average Bonchev–Trinajstić information content (AvgIpc) is 3.09. The Morgan fingerprint density at radius 2 is 0.566 bits per heavy atom. The van der Waals surface area contributed by atoms with Crippen molar-refractivity contribution >= 4 is 0 Å². The van der Waals surface area contributed by atoms with Crippen LogP contribution in [0.1, 0.15) is 44.5 Å². The smallest absolute Gasteiger partial charge is 1.00 e. The first-order valence-corrected chi connectivity index (χ1v) is 18.8. The van der Waals surface area contributed by atoms with Crippen molar-refractivity contribution in [1.82, 2.24) is 19.6 Å². The van der Waals surface area contributed by atoms with Crippen LogP contribution in [0.3, 0.4) is 0 Å². The number of halogens is 2. The number of benzene rings is 4. The summed E-state index contributed by atoms with van der Waals surface area (Å²) in [5.41, 5.74) is 11.3. The zero-order valence-corrected chi connectivity index (χ0v) is 34.1. The molecule has 12 heteroatoms. The zero-order chi connectivity index (χ0) is 37.2. The summed E-state index contributed by atoms with van der Waals surface area (Å²) in [7, 11) is -3.94. The molecule has 1 fully saturated rings. The van der Waals surface area contributed by atoms with Crippen LogP contribution >= 0.6 is 0 Å². The van der Waals surface area contributed by atoms with Gasteiger partial charge in [-0.3, -0.25) is 19.6 Å². The van der Waals surface area contributed by atoms with Crippen LogP contribution in [0.25, 0.3) is 0 Å². The van der Waals surface area contributed by atoms with Gasteiger partial charge in [-0.1, -0.05) is 97.1 Å². The molecule has 1 aliphatic heterocycles. The Hall–Kier alpha value is -2.38. The molecular weight excluding hydrogens is 763 g/mol. The van der Waals surface area contributed by atoms with Gasteiger partial charge in [-0.25, -0.2) is 18.6 Å². The molecule has 0 unspecified atom stereocenters. The van der Waals surface area contributed by atoms with Crippen molar-refractivity contribution in [2.75, 3.05) is 59.5 Å². The van der Waals surface area contributed by atoms with E-state index < -0.39 is 10.2 Å². The monoisotopic (exact) mass is 817 g/mol. The van der Waals surface area contributed by atoms with Crippen molar-refractivity contribution in [2.24, 2.45) is 0 Å². The van der Waals surface area contributed by atoms with Gasteiger partial charge in [-0.2, -0.15) is 0 Å². The van der Waals surface area contributed by atoms with Crippen LogP contribution in [0, 0.1) is 37.9 Å². The van der Waals surface area contributed by atoms with E-state index in [1.165, 1.54) is 44.5 Å². The number of aliphatic hydroxyl groups is 1. The fourth-order valence-electron chi connectivity index (χ4n) is 6.32. The summed E-state index contributed by atoms with van der Waals surface area (Å²) in [5, 5.41) is 7.00. The third kappa shape index (κ3) is 18.7. The quantitative estimate of drug-likeness (QED) is 0.226. The predicted molar refractivity (Wildman–Crippen MR) is 194 cm³/mol. The molecule has 0 aliphatic carbocycles. The molecule has 1 N–H and O–H groups in total. The molecule has 9 nitrogen and oxygen atoms in total. The van der Waals surface area contributed by atoms with Crippen LogP contribution in [0.4, 0.5) is 0 Å². The van der Waals surface area contributed by atoms with Gasteiger partial charge in [-0.05, 0) is 72.2 Å². The van der Waals surface area contributed by atoms with Crippen LogP contribution < -0.4 is 31.0 Å². The Kier molecular flexibility index (Phi) is 23.5. The number of hydrogen-bond acceptors (Lipinski definition) is 9. The molecular formula is C41H56Cl2CuN4O5. The Balaban J connectivity index is 0.00000144. The van der Waals surface area contributed by atoms with E-state index in [4.69, 9.17) is 23.7 Å².